The van der Waals surface area contributed by atoms with Crippen LogP contribution in [0.2, 0.25) is 0 Å². The molecule has 1 saturated heterocycles. The molecule has 0 atom stereocenters. The average molecular weight is 391 g/mol. The standard InChI is InChI=1S/C15H22N4O4S.ClH/c1-18(2)24(22,23)13-5-3-4-12(10-13)15(21)17-11-14(20)19-8-6-16-7-9-19;/h3-5,10,16H,6-9,11H2,1-2H3,(H,17,21);1H. The van der Waals surface area contributed by atoms with Gasteiger partial charge in [-0.3, -0.25) is 9.59 Å². The molecule has 140 valence electrons. The fourth-order valence-corrected chi connectivity index (χ4v) is 3.24. The fourth-order valence-electron chi connectivity index (χ4n) is 2.29. The SMILES string of the molecule is CN(C)S(=O)(=O)c1cccc(C(=O)NCC(=O)N2CCNCC2)c1.Cl. The molecule has 2 amide bonds. The maximum Gasteiger partial charge on any atom is 0.251 e. The smallest absolute Gasteiger partial charge is 0.251 e. The number of hydrogen-bond donors (Lipinski definition) is 2. The molecule has 1 heterocycles. The number of halogens is 1. The molecule has 0 bridgehead atoms. The molecule has 1 aliphatic heterocycles. The van der Waals surface area contributed by atoms with E-state index in [4.69, 9.17) is 0 Å². The zero-order valence-corrected chi connectivity index (χ0v) is 15.8. The maximum absolute atomic E-state index is 12.2. The molecule has 1 aromatic rings. The van der Waals surface area contributed by atoms with E-state index in [9.17, 15) is 18.0 Å². The lowest BCUT2D eigenvalue weighted by Gasteiger charge is -2.27. The van der Waals surface area contributed by atoms with Crippen molar-refractivity contribution in [2.45, 2.75) is 4.90 Å². The van der Waals surface area contributed by atoms with E-state index >= 15 is 0 Å². The van der Waals surface area contributed by atoms with Crippen molar-refractivity contribution in [1.82, 2.24) is 19.8 Å². The second-order valence-corrected chi connectivity index (χ2v) is 7.78. The zero-order valence-electron chi connectivity index (χ0n) is 14.2. The summed E-state index contributed by atoms with van der Waals surface area (Å²) < 4.78 is 25.3. The molecule has 2 N–H and O–H groups in total. The number of hydrogen-bond acceptors (Lipinski definition) is 5. The van der Waals surface area contributed by atoms with E-state index in [1.54, 1.807) is 4.90 Å². The van der Waals surface area contributed by atoms with E-state index < -0.39 is 15.9 Å². The number of nitrogens with one attached hydrogen (secondary N) is 2. The maximum atomic E-state index is 12.2. The van der Waals surface area contributed by atoms with Crippen molar-refractivity contribution < 1.29 is 18.0 Å². The van der Waals surface area contributed by atoms with Crippen molar-refractivity contribution in [2.75, 3.05) is 46.8 Å². The van der Waals surface area contributed by atoms with Gasteiger partial charge in [0.05, 0.1) is 11.4 Å². The topological polar surface area (TPSA) is 98.8 Å². The number of carbonyl (C=O) groups is 2. The molecular formula is C15H23ClN4O4S. The Bertz CT molecular complexity index is 718. The number of amides is 2. The first-order valence-electron chi connectivity index (χ1n) is 7.61. The largest absolute Gasteiger partial charge is 0.343 e. The highest BCUT2D eigenvalue weighted by atomic mass is 35.5. The molecule has 1 aliphatic rings. The number of rotatable bonds is 5. The fraction of sp³-hybridized carbons (Fsp3) is 0.467. The highest BCUT2D eigenvalue weighted by molar-refractivity contribution is 7.89. The molecule has 0 aromatic heterocycles. The summed E-state index contributed by atoms with van der Waals surface area (Å²) in [6.45, 7) is 2.61. The van der Waals surface area contributed by atoms with Gasteiger partial charge in [0.15, 0.2) is 0 Å². The third-order valence-corrected chi connectivity index (χ3v) is 5.56. The van der Waals surface area contributed by atoms with Gasteiger partial charge in [0, 0.05) is 45.8 Å². The predicted molar refractivity (Wildman–Crippen MR) is 96.3 cm³/mol. The summed E-state index contributed by atoms with van der Waals surface area (Å²) in [5.41, 5.74) is 0.200. The van der Waals surface area contributed by atoms with Crippen LogP contribution in [0.5, 0.6) is 0 Å². The van der Waals surface area contributed by atoms with E-state index in [0.717, 1.165) is 17.4 Å². The van der Waals surface area contributed by atoms with E-state index in [-0.39, 0.29) is 35.3 Å². The normalized spacial score (nSPS) is 14.8. The van der Waals surface area contributed by atoms with Crippen molar-refractivity contribution >= 4 is 34.2 Å². The predicted octanol–water partition coefficient (Wildman–Crippen LogP) is -0.480. The molecule has 25 heavy (non-hydrogen) atoms. The Kier molecular flexibility index (Phi) is 7.81. The summed E-state index contributed by atoms with van der Waals surface area (Å²) in [7, 11) is -0.760. The summed E-state index contributed by atoms with van der Waals surface area (Å²) in [4.78, 5) is 25.9. The highest BCUT2D eigenvalue weighted by Crippen LogP contribution is 2.14. The van der Waals surface area contributed by atoms with Gasteiger partial charge in [-0.05, 0) is 18.2 Å². The van der Waals surface area contributed by atoms with Crippen LogP contribution in [0.3, 0.4) is 0 Å². The minimum atomic E-state index is -3.61. The molecule has 0 radical (unpaired) electrons. The second kappa shape index (κ2) is 9.14. The van der Waals surface area contributed by atoms with Crippen molar-refractivity contribution in [3.63, 3.8) is 0 Å². The minimum Gasteiger partial charge on any atom is -0.343 e. The van der Waals surface area contributed by atoms with Crippen LogP contribution in [0.4, 0.5) is 0 Å². The van der Waals surface area contributed by atoms with Crippen LogP contribution in [0, 0.1) is 0 Å². The Morgan fingerprint density at radius 3 is 2.48 bits per heavy atom. The third-order valence-electron chi connectivity index (χ3n) is 3.74. The summed E-state index contributed by atoms with van der Waals surface area (Å²) >= 11 is 0. The minimum absolute atomic E-state index is 0. The Labute approximate surface area is 154 Å². The van der Waals surface area contributed by atoms with Crippen LogP contribution in [-0.2, 0) is 14.8 Å². The van der Waals surface area contributed by atoms with Gasteiger partial charge in [0.2, 0.25) is 15.9 Å². The van der Waals surface area contributed by atoms with Gasteiger partial charge in [-0.25, -0.2) is 12.7 Å². The zero-order chi connectivity index (χ0) is 17.7. The molecule has 8 nitrogen and oxygen atoms in total. The van der Waals surface area contributed by atoms with Crippen molar-refractivity contribution in [3.8, 4) is 0 Å². The van der Waals surface area contributed by atoms with Crippen LogP contribution in [0.15, 0.2) is 29.2 Å². The van der Waals surface area contributed by atoms with E-state index in [2.05, 4.69) is 10.6 Å². The summed E-state index contributed by atoms with van der Waals surface area (Å²) in [6.07, 6.45) is 0. The van der Waals surface area contributed by atoms with Gasteiger partial charge >= 0.3 is 0 Å². The van der Waals surface area contributed by atoms with E-state index in [1.807, 2.05) is 0 Å². The Morgan fingerprint density at radius 1 is 1.24 bits per heavy atom. The van der Waals surface area contributed by atoms with E-state index in [1.165, 1.54) is 38.4 Å². The lowest BCUT2D eigenvalue weighted by atomic mass is 10.2. The van der Waals surface area contributed by atoms with Crippen molar-refractivity contribution in [3.05, 3.63) is 29.8 Å². The molecule has 0 spiro atoms. The number of sulfonamides is 1. The van der Waals surface area contributed by atoms with Crippen molar-refractivity contribution in [1.29, 1.82) is 0 Å². The molecule has 10 heteroatoms. The average Bonchev–Trinajstić information content (AvgIpc) is 2.60. The van der Waals surface area contributed by atoms with Crippen LogP contribution < -0.4 is 10.6 Å². The first kappa shape index (κ1) is 21.4. The molecule has 1 fully saturated rings. The molecule has 1 aromatic carbocycles. The Balaban J connectivity index is 0.00000312. The lowest BCUT2D eigenvalue weighted by molar-refractivity contribution is -0.130. The molecule has 0 saturated carbocycles. The van der Waals surface area contributed by atoms with Crippen LogP contribution in [0.1, 0.15) is 10.4 Å². The lowest BCUT2D eigenvalue weighted by Crippen LogP contribution is -2.49. The number of piperazine rings is 1. The van der Waals surface area contributed by atoms with Gasteiger partial charge in [-0.15, -0.1) is 12.4 Å². The summed E-state index contributed by atoms with van der Waals surface area (Å²) in [6, 6.07) is 5.75. The highest BCUT2D eigenvalue weighted by Gasteiger charge is 2.20. The monoisotopic (exact) mass is 390 g/mol. The van der Waals surface area contributed by atoms with Crippen LogP contribution in [-0.4, -0.2) is 76.3 Å². The van der Waals surface area contributed by atoms with Gasteiger partial charge < -0.3 is 15.5 Å². The van der Waals surface area contributed by atoms with Gasteiger partial charge in [-0.2, -0.15) is 0 Å². The third kappa shape index (κ3) is 5.40. The quantitative estimate of drug-likeness (QED) is 0.707. The molecule has 0 unspecified atom stereocenters. The van der Waals surface area contributed by atoms with Crippen LogP contribution >= 0.6 is 12.4 Å². The summed E-state index contributed by atoms with van der Waals surface area (Å²) in [5, 5.41) is 5.69. The molecule has 2 rings (SSSR count). The van der Waals surface area contributed by atoms with Gasteiger partial charge in [0.25, 0.3) is 5.91 Å². The first-order chi connectivity index (χ1) is 11.3. The van der Waals surface area contributed by atoms with Crippen molar-refractivity contribution in [2.24, 2.45) is 0 Å². The first-order valence-corrected chi connectivity index (χ1v) is 9.05. The van der Waals surface area contributed by atoms with Crippen LogP contribution in [0.25, 0.3) is 0 Å². The molecule has 0 aliphatic carbocycles. The van der Waals surface area contributed by atoms with Gasteiger partial charge in [-0.1, -0.05) is 6.07 Å². The number of benzene rings is 1. The second-order valence-electron chi connectivity index (χ2n) is 5.63. The Morgan fingerprint density at radius 2 is 1.88 bits per heavy atom. The van der Waals surface area contributed by atoms with E-state index in [0.29, 0.717) is 13.1 Å². The molecular weight excluding hydrogens is 368 g/mol. The Hall–Kier alpha value is -1.68. The summed E-state index contributed by atoms with van der Waals surface area (Å²) in [5.74, 6) is -0.629. The number of nitrogens with zero attached hydrogens (tertiary/aromatic N) is 2. The van der Waals surface area contributed by atoms with Gasteiger partial charge in [0.1, 0.15) is 0 Å². The number of carbonyl (C=O) groups excluding carboxylic acids is 2.